The largest absolute Gasteiger partial charge is 0.400 e. The monoisotopic (exact) mass is 482 g/mol. The van der Waals surface area contributed by atoms with Crippen LogP contribution in [0.2, 0.25) is 0 Å². The van der Waals surface area contributed by atoms with Crippen molar-refractivity contribution in [2.24, 2.45) is 0 Å². The minimum atomic E-state index is -1.07. The van der Waals surface area contributed by atoms with Crippen LogP contribution >= 0.6 is 0 Å². The molecule has 0 radical (unpaired) electrons. The van der Waals surface area contributed by atoms with Gasteiger partial charge >= 0.3 is 11.3 Å². The molecule has 0 aliphatic carbocycles. The number of para-hydroxylation sites is 2. The van der Waals surface area contributed by atoms with Gasteiger partial charge in [0.1, 0.15) is 0 Å². The fourth-order valence-corrected chi connectivity index (χ4v) is 3.45. The van der Waals surface area contributed by atoms with Crippen LogP contribution in [0.1, 0.15) is 21.0 Å². The number of hydrogen-bond acceptors (Lipinski definition) is 12. The van der Waals surface area contributed by atoms with Crippen LogP contribution in [0.3, 0.4) is 0 Å². The van der Waals surface area contributed by atoms with Crippen LogP contribution in [0, 0.1) is 0 Å². The van der Waals surface area contributed by atoms with E-state index in [2.05, 4.69) is 20.3 Å². The summed E-state index contributed by atoms with van der Waals surface area (Å²) >= 11 is 0. The van der Waals surface area contributed by atoms with E-state index in [4.69, 9.17) is 17.9 Å². The standard InChI is InChI=1S/C24H10N4O8/c29-19(15-9-17(35-27-15)21-25-13-7-3-1-5-11(13)23(31)33-21)20(30)16-10-18(36-28-16)22-26-14-8-4-2-6-12(14)24(32)34-22/h1-10H. The second-order valence-corrected chi connectivity index (χ2v) is 7.46. The molecule has 0 saturated carbocycles. The molecule has 4 heterocycles. The van der Waals surface area contributed by atoms with Gasteiger partial charge in [0.25, 0.3) is 23.3 Å². The smallest absolute Gasteiger partial charge is 0.347 e. The molecule has 0 saturated heterocycles. The molecule has 0 aliphatic rings. The Labute approximate surface area is 197 Å². The molecule has 4 aromatic heterocycles. The molecule has 0 unspecified atom stereocenters. The molecule has 6 aromatic rings. The summed E-state index contributed by atoms with van der Waals surface area (Å²) in [4.78, 5) is 58.1. The van der Waals surface area contributed by atoms with Crippen LogP contribution in [-0.4, -0.2) is 31.8 Å². The van der Waals surface area contributed by atoms with Crippen LogP contribution < -0.4 is 11.3 Å². The van der Waals surface area contributed by atoms with Crippen molar-refractivity contribution in [2.45, 2.75) is 0 Å². The van der Waals surface area contributed by atoms with Crippen LogP contribution in [-0.2, 0) is 0 Å². The van der Waals surface area contributed by atoms with E-state index >= 15 is 0 Å². The summed E-state index contributed by atoms with van der Waals surface area (Å²) in [5.74, 6) is -2.81. The SMILES string of the molecule is O=C(C(=O)c1cc(-c2nc3ccccc3c(=O)o2)on1)c1cc(-c2nc3ccccc3c(=O)o2)on1. The molecule has 0 amide bonds. The summed E-state index contributed by atoms with van der Waals surface area (Å²) in [6, 6.07) is 15.3. The Morgan fingerprint density at radius 3 is 1.47 bits per heavy atom. The van der Waals surface area contributed by atoms with Crippen molar-refractivity contribution in [1.29, 1.82) is 0 Å². The van der Waals surface area contributed by atoms with E-state index in [9.17, 15) is 19.2 Å². The number of nitrogens with zero attached hydrogens (tertiary/aromatic N) is 4. The third-order valence-corrected chi connectivity index (χ3v) is 5.18. The van der Waals surface area contributed by atoms with Gasteiger partial charge in [-0.25, -0.2) is 19.6 Å². The predicted molar refractivity (Wildman–Crippen MR) is 120 cm³/mol. The molecule has 36 heavy (non-hydrogen) atoms. The van der Waals surface area contributed by atoms with E-state index in [1.165, 1.54) is 0 Å². The van der Waals surface area contributed by atoms with Crippen molar-refractivity contribution in [1.82, 2.24) is 20.3 Å². The van der Waals surface area contributed by atoms with E-state index in [0.29, 0.717) is 11.0 Å². The number of ketones is 2. The van der Waals surface area contributed by atoms with Gasteiger partial charge in [-0.05, 0) is 24.3 Å². The molecular weight excluding hydrogens is 472 g/mol. The zero-order valence-electron chi connectivity index (χ0n) is 17.8. The molecule has 0 aliphatic heterocycles. The lowest BCUT2D eigenvalue weighted by Crippen LogP contribution is -2.15. The number of fused-ring (bicyclic) bond motifs is 2. The first-order valence-corrected chi connectivity index (χ1v) is 10.3. The van der Waals surface area contributed by atoms with E-state index in [-0.39, 0.29) is 45.5 Å². The Morgan fingerprint density at radius 1 is 0.611 bits per heavy atom. The van der Waals surface area contributed by atoms with E-state index in [0.717, 1.165) is 12.1 Å². The first-order valence-electron chi connectivity index (χ1n) is 10.3. The molecule has 6 rings (SSSR count). The van der Waals surface area contributed by atoms with Gasteiger partial charge < -0.3 is 17.9 Å². The maximum absolute atomic E-state index is 12.7. The lowest BCUT2D eigenvalue weighted by Gasteiger charge is -1.97. The summed E-state index contributed by atoms with van der Waals surface area (Å²) in [7, 11) is 0. The molecule has 12 heteroatoms. The maximum Gasteiger partial charge on any atom is 0.347 e. The van der Waals surface area contributed by atoms with E-state index < -0.39 is 22.8 Å². The third kappa shape index (κ3) is 3.49. The number of rotatable bonds is 5. The Morgan fingerprint density at radius 2 is 1.03 bits per heavy atom. The first kappa shape index (κ1) is 21.0. The minimum Gasteiger partial charge on any atom is -0.400 e. The molecule has 2 aromatic carbocycles. The van der Waals surface area contributed by atoms with Crippen LogP contribution in [0.5, 0.6) is 0 Å². The van der Waals surface area contributed by atoms with Gasteiger partial charge in [-0.2, -0.15) is 0 Å². The van der Waals surface area contributed by atoms with Crippen LogP contribution in [0.25, 0.3) is 45.1 Å². The normalized spacial score (nSPS) is 11.2. The fourth-order valence-electron chi connectivity index (χ4n) is 3.45. The summed E-state index contributed by atoms with van der Waals surface area (Å²) in [5.41, 5.74) is -1.33. The first-order chi connectivity index (χ1) is 17.5. The average molecular weight is 482 g/mol. The number of Topliss-reactive ketones (excluding diaryl/α,β-unsaturated/α-hetero) is 2. The molecule has 0 spiro atoms. The fraction of sp³-hybridized carbons (Fsp3) is 0. The lowest BCUT2D eigenvalue weighted by atomic mass is 10.1. The Kier molecular flexibility index (Phi) is 4.71. The molecule has 0 atom stereocenters. The highest BCUT2D eigenvalue weighted by Gasteiger charge is 2.27. The Balaban J connectivity index is 1.28. The maximum atomic E-state index is 12.7. The van der Waals surface area contributed by atoms with E-state index in [1.54, 1.807) is 48.5 Å². The lowest BCUT2D eigenvalue weighted by molar-refractivity contribution is 0.0806. The summed E-state index contributed by atoms with van der Waals surface area (Å²) < 4.78 is 20.4. The zero-order valence-corrected chi connectivity index (χ0v) is 17.8. The van der Waals surface area contributed by atoms with E-state index in [1.807, 2.05) is 0 Å². The van der Waals surface area contributed by atoms with Gasteiger partial charge in [0.05, 0.1) is 21.8 Å². The summed E-state index contributed by atoms with van der Waals surface area (Å²) in [6.07, 6.45) is 0. The van der Waals surface area contributed by atoms with Gasteiger partial charge in [0.15, 0.2) is 11.4 Å². The predicted octanol–water partition coefficient (Wildman–Crippen LogP) is 3.07. The molecule has 12 nitrogen and oxygen atoms in total. The van der Waals surface area contributed by atoms with Crippen molar-refractivity contribution in [2.75, 3.05) is 0 Å². The average Bonchev–Trinajstić information content (AvgIpc) is 3.59. The number of hydrogen-bond donors (Lipinski definition) is 0. The quantitative estimate of drug-likeness (QED) is 0.260. The number of carbonyl (C=O) groups is 2. The summed E-state index contributed by atoms with van der Waals surface area (Å²) in [5, 5.41) is 7.70. The van der Waals surface area contributed by atoms with Crippen molar-refractivity contribution >= 4 is 33.4 Å². The van der Waals surface area contributed by atoms with Crippen molar-refractivity contribution in [3.05, 3.63) is 92.9 Å². The third-order valence-electron chi connectivity index (χ3n) is 5.18. The van der Waals surface area contributed by atoms with Gasteiger partial charge in [0.2, 0.25) is 11.5 Å². The molecule has 0 bridgehead atoms. The summed E-state index contributed by atoms with van der Waals surface area (Å²) in [6.45, 7) is 0. The van der Waals surface area contributed by atoms with Crippen molar-refractivity contribution in [3.8, 4) is 23.3 Å². The van der Waals surface area contributed by atoms with Gasteiger partial charge in [0, 0.05) is 12.1 Å². The molecular formula is C24H10N4O8. The van der Waals surface area contributed by atoms with Crippen LogP contribution in [0.4, 0.5) is 0 Å². The Hall–Kier alpha value is -5.52. The van der Waals surface area contributed by atoms with Gasteiger partial charge in [-0.15, -0.1) is 0 Å². The van der Waals surface area contributed by atoms with Crippen molar-refractivity contribution < 1.29 is 27.5 Å². The van der Waals surface area contributed by atoms with Crippen LogP contribution in [0.15, 0.2) is 88.1 Å². The second kappa shape index (κ2) is 8.06. The molecule has 0 N–H and O–H groups in total. The highest BCUT2D eigenvalue weighted by Crippen LogP contribution is 2.22. The Bertz CT molecular complexity index is 1800. The zero-order chi connectivity index (χ0) is 24.8. The number of aromatic nitrogens is 4. The highest BCUT2D eigenvalue weighted by atomic mass is 16.5. The number of benzene rings is 2. The highest BCUT2D eigenvalue weighted by molar-refractivity contribution is 6.48. The molecule has 0 fully saturated rings. The van der Waals surface area contributed by atoms with Gasteiger partial charge in [-0.3, -0.25) is 9.59 Å². The van der Waals surface area contributed by atoms with Gasteiger partial charge in [-0.1, -0.05) is 34.6 Å². The number of carbonyl (C=O) groups excluding carboxylic acids is 2. The second-order valence-electron chi connectivity index (χ2n) is 7.46. The minimum absolute atomic E-state index is 0.128. The topological polar surface area (TPSA) is 172 Å². The van der Waals surface area contributed by atoms with Crippen molar-refractivity contribution in [3.63, 3.8) is 0 Å². The molecule has 174 valence electrons.